The van der Waals surface area contributed by atoms with Gasteiger partial charge in [0.2, 0.25) is 5.91 Å². The largest absolute Gasteiger partial charge is 0.497 e. The van der Waals surface area contributed by atoms with Crippen LogP contribution in [0.2, 0.25) is 0 Å². The maximum atomic E-state index is 12.3. The summed E-state index contributed by atoms with van der Waals surface area (Å²) < 4.78 is 5.19. The predicted molar refractivity (Wildman–Crippen MR) is 109 cm³/mol. The minimum absolute atomic E-state index is 0.0128. The Balaban J connectivity index is 1.49. The maximum absolute atomic E-state index is 12.3. The second-order valence-electron chi connectivity index (χ2n) is 6.39. The number of likely N-dealkylation sites (N-methyl/N-ethyl adjacent to an activating group) is 1. The van der Waals surface area contributed by atoms with Crippen LogP contribution in [0.25, 0.3) is 0 Å². The van der Waals surface area contributed by atoms with Gasteiger partial charge in [-0.3, -0.25) is 9.59 Å². The molecule has 0 aliphatic carbocycles. The van der Waals surface area contributed by atoms with E-state index in [0.717, 1.165) is 31.1 Å². The first kappa shape index (κ1) is 20.1. The van der Waals surface area contributed by atoms with Crippen LogP contribution >= 0.6 is 11.3 Å². The summed E-state index contributed by atoms with van der Waals surface area (Å²) in [6.45, 7) is 6.25. The topological polar surface area (TPSA) is 86.8 Å². The van der Waals surface area contributed by atoms with E-state index < -0.39 is 0 Å². The lowest BCUT2D eigenvalue weighted by Gasteiger charge is -2.34. The minimum Gasteiger partial charge on any atom is -0.497 e. The van der Waals surface area contributed by atoms with Crippen molar-refractivity contribution >= 4 is 34.0 Å². The first-order chi connectivity index (χ1) is 13.6. The molecule has 1 aromatic carbocycles. The van der Waals surface area contributed by atoms with Crippen molar-refractivity contribution in [2.75, 3.05) is 51.7 Å². The van der Waals surface area contributed by atoms with E-state index in [1.54, 1.807) is 17.4 Å². The summed E-state index contributed by atoms with van der Waals surface area (Å²) in [6.07, 6.45) is 0. The standard InChI is InChI=1S/C19H25N5O3S/c1-3-23-7-9-24(10-8-23)17(25)12-20-18(26)16-13-28-19(22-16)21-14-5-4-6-15(11-14)27-2/h4-6,11,13H,3,7-10,12H2,1-2H3,(H,20,26)(H,21,22). The Morgan fingerprint density at radius 1 is 1.25 bits per heavy atom. The van der Waals surface area contributed by atoms with Gasteiger partial charge in [0, 0.05) is 43.3 Å². The predicted octanol–water partition coefficient (Wildman–Crippen LogP) is 1.79. The Morgan fingerprint density at radius 2 is 2.04 bits per heavy atom. The molecule has 0 spiro atoms. The molecule has 2 amide bonds. The number of amides is 2. The molecule has 1 aromatic heterocycles. The van der Waals surface area contributed by atoms with Crippen molar-refractivity contribution < 1.29 is 14.3 Å². The van der Waals surface area contributed by atoms with Crippen molar-refractivity contribution in [1.29, 1.82) is 0 Å². The molecule has 0 unspecified atom stereocenters. The normalized spacial score (nSPS) is 14.6. The van der Waals surface area contributed by atoms with Crippen LogP contribution in [-0.2, 0) is 4.79 Å². The van der Waals surface area contributed by atoms with E-state index in [-0.39, 0.29) is 18.4 Å². The molecule has 2 N–H and O–H groups in total. The van der Waals surface area contributed by atoms with E-state index in [0.29, 0.717) is 23.9 Å². The Bertz CT molecular complexity index is 817. The number of hydrogen-bond acceptors (Lipinski definition) is 7. The number of carbonyl (C=O) groups excluding carboxylic acids is 2. The molecule has 1 aliphatic rings. The highest BCUT2D eigenvalue weighted by molar-refractivity contribution is 7.14. The molecule has 2 aromatic rings. The lowest BCUT2D eigenvalue weighted by molar-refractivity contribution is -0.131. The van der Waals surface area contributed by atoms with E-state index in [4.69, 9.17) is 4.74 Å². The molecule has 28 heavy (non-hydrogen) atoms. The van der Waals surface area contributed by atoms with Crippen LogP contribution in [0, 0.1) is 0 Å². The van der Waals surface area contributed by atoms with Gasteiger partial charge in [0.1, 0.15) is 11.4 Å². The van der Waals surface area contributed by atoms with Crippen molar-refractivity contribution in [3.8, 4) is 5.75 Å². The third-order valence-corrected chi connectivity index (χ3v) is 5.39. The number of aromatic nitrogens is 1. The molecule has 0 saturated carbocycles. The fourth-order valence-electron chi connectivity index (χ4n) is 2.93. The van der Waals surface area contributed by atoms with Gasteiger partial charge in [-0.15, -0.1) is 11.3 Å². The Kier molecular flexibility index (Phi) is 6.83. The molecule has 0 atom stereocenters. The number of hydrogen-bond donors (Lipinski definition) is 2. The van der Waals surface area contributed by atoms with Crippen molar-refractivity contribution in [1.82, 2.24) is 20.1 Å². The summed E-state index contributed by atoms with van der Waals surface area (Å²) in [4.78, 5) is 33.0. The van der Waals surface area contributed by atoms with Crippen LogP contribution in [0.3, 0.4) is 0 Å². The van der Waals surface area contributed by atoms with E-state index in [9.17, 15) is 9.59 Å². The Labute approximate surface area is 168 Å². The molecule has 150 valence electrons. The number of benzene rings is 1. The molecule has 8 nitrogen and oxygen atoms in total. The molecule has 1 saturated heterocycles. The summed E-state index contributed by atoms with van der Waals surface area (Å²) in [5.41, 5.74) is 1.11. The van der Waals surface area contributed by atoms with Crippen molar-refractivity contribution in [3.63, 3.8) is 0 Å². The molecule has 1 aliphatic heterocycles. The fourth-order valence-corrected chi connectivity index (χ4v) is 3.64. The van der Waals surface area contributed by atoms with E-state index in [2.05, 4.69) is 27.4 Å². The average molecular weight is 404 g/mol. The minimum atomic E-state index is -0.351. The van der Waals surface area contributed by atoms with Crippen molar-refractivity contribution in [3.05, 3.63) is 35.3 Å². The number of rotatable bonds is 7. The summed E-state index contributed by atoms with van der Waals surface area (Å²) in [5.74, 6) is 0.322. The van der Waals surface area contributed by atoms with Gasteiger partial charge in [0.05, 0.1) is 13.7 Å². The van der Waals surface area contributed by atoms with Gasteiger partial charge < -0.3 is 25.2 Å². The zero-order valence-electron chi connectivity index (χ0n) is 16.1. The monoisotopic (exact) mass is 403 g/mol. The molecular weight excluding hydrogens is 378 g/mol. The van der Waals surface area contributed by atoms with Crippen LogP contribution in [-0.4, -0.2) is 73.0 Å². The molecule has 2 heterocycles. The van der Waals surface area contributed by atoms with Crippen LogP contribution in [0.4, 0.5) is 10.8 Å². The number of piperazine rings is 1. The molecule has 0 bridgehead atoms. The Hall–Kier alpha value is -2.65. The van der Waals surface area contributed by atoms with Gasteiger partial charge >= 0.3 is 0 Å². The smallest absolute Gasteiger partial charge is 0.271 e. The third-order valence-electron chi connectivity index (χ3n) is 4.63. The van der Waals surface area contributed by atoms with Crippen LogP contribution in [0.1, 0.15) is 17.4 Å². The quantitative estimate of drug-likeness (QED) is 0.733. The lowest BCUT2D eigenvalue weighted by atomic mass is 10.3. The number of nitrogens with zero attached hydrogens (tertiary/aromatic N) is 3. The van der Waals surface area contributed by atoms with Gasteiger partial charge in [-0.1, -0.05) is 13.0 Å². The third kappa shape index (κ3) is 5.20. The molecule has 1 fully saturated rings. The van der Waals surface area contributed by atoms with Crippen LogP contribution < -0.4 is 15.4 Å². The van der Waals surface area contributed by atoms with Gasteiger partial charge in [-0.05, 0) is 18.7 Å². The second kappa shape index (κ2) is 9.52. The highest BCUT2D eigenvalue weighted by Crippen LogP contribution is 2.23. The van der Waals surface area contributed by atoms with Gasteiger partial charge in [0.15, 0.2) is 5.13 Å². The van der Waals surface area contributed by atoms with Crippen molar-refractivity contribution in [2.24, 2.45) is 0 Å². The SMILES string of the molecule is CCN1CCN(C(=O)CNC(=O)c2csc(Nc3cccc(OC)c3)n2)CC1. The number of thiazole rings is 1. The number of methoxy groups -OCH3 is 1. The highest BCUT2D eigenvalue weighted by atomic mass is 32.1. The Morgan fingerprint density at radius 3 is 2.75 bits per heavy atom. The summed E-state index contributed by atoms with van der Waals surface area (Å²) >= 11 is 1.33. The zero-order chi connectivity index (χ0) is 19.9. The van der Waals surface area contributed by atoms with Gasteiger partial charge in [0.25, 0.3) is 5.91 Å². The highest BCUT2D eigenvalue weighted by Gasteiger charge is 2.21. The van der Waals surface area contributed by atoms with Crippen molar-refractivity contribution in [2.45, 2.75) is 6.92 Å². The van der Waals surface area contributed by atoms with E-state index >= 15 is 0 Å². The van der Waals surface area contributed by atoms with E-state index in [1.165, 1.54) is 11.3 Å². The molecule has 0 radical (unpaired) electrons. The van der Waals surface area contributed by atoms with Gasteiger partial charge in [-0.25, -0.2) is 4.98 Å². The second-order valence-corrected chi connectivity index (χ2v) is 7.25. The maximum Gasteiger partial charge on any atom is 0.271 e. The average Bonchev–Trinajstić information content (AvgIpc) is 3.20. The number of ether oxygens (including phenoxy) is 1. The van der Waals surface area contributed by atoms with Gasteiger partial charge in [-0.2, -0.15) is 0 Å². The molecule has 3 rings (SSSR count). The number of nitrogens with one attached hydrogen (secondary N) is 2. The van der Waals surface area contributed by atoms with E-state index in [1.807, 2.05) is 24.3 Å². The lowest BCUT2D eigenvalue weighted by Crippen LogP contribution is -2.51. The molecule has 9 heteroatoms. The number of anilines is 2. The summed E-state index contributed by atoms with van der Waals surface area (Å²) in [6, 6.07) is 7.46. The van der Waals surface area contributed by atoms with Crippen LogP contribution in [0.5, 0.6) is 5.75 Å². The summed E-state index contributed by atoms with van der Waals surface area (Å²) in [7, 11) is 1.61. The first-order valence-electron chi connectivity index (χ1n) is 9.24. The van der Waals surface area contributed by atoms with Crippen LogP contribution in [0.15, 0.2) is 29.6 Å². The number of carbonyl (C=O) groups is 2. The molecular formula is C19H25N5O3S. The summed E-state index contributed by atoms with van der Waals surface area (Å²) in [5, 5.41) is 8.08. The first-order valence-corrected chi connectivity index (χ1v) is 10.1. The fraction of sp³-hybridized carbons (Fsp3) is 0.421. The zero-order valence-corrected chi connectivity index (χ0v) is 16.9.